The van der Waals surface area contributed by atoms with Crippen LogP contribution in [-0.2, 0) is 25.8 Å². The molecule has 3 heteroatoms. The Morgan fingerprint density at radius 3 is 2.95 bits per heavy atom. The Labute approximate surface area is 125 Å². The van der Waals surface area contributed by atoms with E-state index in [1.807, 2.05) is 24.4 Å². The Kier molecular flexibility index (Phi) is 4.11. The van der Waals surface area contributed by atoms with Gasteiger partial charge in [-0.25, -0.2) is 0 Å². The van der Waals surface area contributed by atoms with E-state index in [-0.39, 0.29) is 5.78 Å². The van der Waals surface area contributed by atoms with Crippen LogP contribution >= 0.6 is 0 Å². The first kappa shape index (κ1) is 14.0. The lowest BCUT2D eigenvalue weighted by Gasteiger charge is -2.19. The third kappa shape index (κ3) is 3.03. The van der Waals surface area contributed by atoms with E-state index in [4.69, 9.17) is 0 Å². The molecule has 1 N–H and O–H groups in total. The molecule has 1 aliphatic rings. The van der Waals surface area contributed by atoms with Gasteiger partial charge in [0.05, 0.1) is 6.42 Å². The first-order valence-electron chi connectivity index (χ1n) is 7.56. The molecule has 0 radical (unpaired) electrons. The highest BCUT2D eigenvalue weighted by molar-refractivity contribution is 5.99. The largest absolute Gasteiger partial charge is 0.312 e. The zero-order chi connectivity index (χ0) is 14.7. The zero-order valence-corrected chi connectivity index (χ0v) is 12.4. The Hall–Kier alpha value is -2.00. The lowest BCUT2D eigenvalue weighted by atomic mass is 9.92. The van der Waals surface area contributed by atoms with Crippen LogP contribution in [-0.4, -0.2) is 17.3 Å². The summed E-state index contributed by atoms with van der Waals surface area (Å²) in [6, 6.07) is 10.1. The number of nitrogens with one attached hydrogen (secondary N) is 1. The fourth-order valence-corrected chi connectivity index (χ4v) is 2.82. The van der Waals surface area contributed by atoms with Gasteiger partial charge in [-0.15, -0.1) is 0 Å². The van der Waals surface area contributed by atoms with Gasteiger partial charge in [0.2, 0.25) is 0 Å². The number of aromatic nitrogens is 1. The molecule has 0 bridgehead atoms. The first-order valence-corrected chi connectivity index (χ1v) is 7.56. The molecule has 1 aliphatic heterocycles. The lowest BCUT2D eigenvalue weighted by Crippen LogP contribution is -2.25. The number of aryl methyl sites for hydroxylation is 1. The number of nitrogens with zero attached hydrogens (tertiary/aromatic N) is 1. The van der Waals surface area contributed by atoms with E-state index in [9.17, 15) is 4.79 Å². The van der Waals surface area contributed by atoms with Crippen LogP contribution in [0.4, 0.5) is 0 Å². The summed E-state index contributed by atoms with van der Waals surface area (Å²) in [6.07, 6.45) is 4.15. The van der Waals surface area contributed by atoms with E-state index in [1.165, 1.54) is 16.7 Å². The van der Waals surface area contributed by atoms with Crippen LogP contribution < -0.4 is 5.32 Å². The van der Waals surface area contributed by atoms with Crippen LogP contribution in [0.15, 0.2) is 36.5 Å². The Bertz CT molecular complexity index is 647. The highest BCUT2D eigenvalue weighted by Gasteiger charge is 2.17. The monoisotopic (exact) mass is 280 g/mol. The van der Waals surface area contributed by atoms with Crippen molar-refractivity contribution in [3.05, 3.63) is 64.5 Å². The van der Waals surface area contributed by atoms with Crippen molar-refractivity contribution in [2.45, 2.75) is 32.7 Å². The van der Waals surface area contributed by atoms with Crippen molar-refractivity contribution < 1.29 is 4.79 Å². The molecular formula is C18H20N2O. The summed E-state index contributed by atoms with van der Waals surface area (Å²) in [5, 5.41) is 3.35. The predicted octanol–water partition coefficient (Wildman–Crippen LogP) is 2.72. The number of benzene rings is 1. The van der Waals surface area contributed by atoms with Gasteiger partial charge in [0.15, 0.2) is 5.78 Å². The normalized spacial score (nSPS) is 13.8. The minimum Gasteiger partial charge on any atom is -0.312 e. The molecule has 108 valence electrons. The predicted molar refractivity (Wildman–Crippen MR) is 83.5 cm³/mol. The molecule has 3 nitrogen and oxygen atoms in total. The quantitative estimate of drug-likeness (QED) is 0.876. The minimum absolute atomic E-state index is 0.172. The standard InChI is InChI=1S/C18H20N2O/c1-2-13-6-7-15(20-11-13)10-18(21)17-5-3-4-14-12-19-9-8-16(14)17/h3-7,11,19H,2,8-10,12H2,1H3. The van der Waals surface area contributed by atoms with Crippen molar-refractivity contribution >= 4 is 5.78 Å². The third-order valence-corrected chi connectivity index (χ3v) is 4.08. The maximum absolute atomic E-state index is 12.6. The van der Waals surface area contributed by atoms with Gasteiger partial charge in [-0.05, 0) is 42.1 Å². The molecule has 0 saturated heterocycles. The summed E-state index contributed by atoms with van der Waals surface area (Å²) in [6.45, 7) is 3.91. The molecular weight excluding hydrogens is 260 g/mol. The molecule has 1 aromatic carbocycles. The van der Waals surface area contributed by atoms with Gasteiger partial charge in [-0.1, -0.05) is 31.2 Å². The smallest absolute Gasteiger partial charge is 0.169 e. The van der Waals surface area contributed by atoms with Gasteiger partial charge in [0, 0.05) is 24.0 Å². The summed E-state index contributed by atoms with van der Waals surface area (Å²) in [7, 11) is 0. The molecule has 0 fully saturated rings. The summed E-state index contributed by atoms with van der Waals surface area (Å²) >= 11 is 0. The minimum atomic E-state index is 0.172. The van der Waals surface area contributed by atoms with E-state index in [0.717, 1.165) is 37.2 Å². The van der Waals surface area contributed by atoms with E-state index >= 15 is 0 Å². The van der Waals surface area contributed by atoms with Crippen LogP contribution in [0.1, 0.15) is 39.7 Å². The molecule has 0 spiro atoms. The number of carbonyl (C=O) groups excluding carboxylic acids is 1. The van der Waals surface area contributed by atoms with Gasteiger partial charge < -0.3 is 5.32 Å². The molecule has 1 aromatic heterocycles. The molecule has 3 rings (SSSR count). The van der Waals surface area contributed by atoms with Crippen LogP contribution in [0.25, 0.3) is 0 Å². The second kappa shape index (κ2) is 6.19. The number of hydrogen-bond acceptors (Lipinski definition) is 3. The highest BCUT2D eigenvalue weighted by Crippen LogP contribution is 2.20. The third-order valence-electron chi connectivity index (χ3n) is 4.08. The van der Waals surface area contributed by atoms with E-state index in [0.29, 0.717) is 6.42 Å². The molecule has 0 aliphatic carbocycles. The van der Waals surface area contributed by atoms with Crippen LogP contribution in [0.3, 0.4) is 0 Å². The zero-order valence-electron chi connectivity index (χ0n) is 12.4. The van der Waals surface area contributed by atoms with Crippen molar-refractivity contribution in [1.29, 1.82) is 0 Å². The number of Topliss-reactive ketones (excluding diaryl/α,β-unsaturated/α-hetero) is 1. The molecule has 0 amide bonds. The average molecular weight is 280 g/mol. The number of rotatable bonds is 4. The Morgan fingerprint density at radius 2 is 2.19 bits per heavy atom. The second-order valence-corrected chi connectivity index (χ2v) is 5.48. The summed E-state index contributed by atoms with van der Waals surface area (Å²) < 4.78 is 0. The average Bonchev–Trinajstić information content (AvgIpc) is 2.55. The van der Waals surface area contributed by atoms with Crippen molar-refractivity contribution in [3.8, 4) is 0 Å². The number of ketones is 1. The Balaban J connectivity index is 1.82. The van der Waals surface area contributed by atoms with Gasteiger partial charge in [-0.3, -0.25) is 9.78 Å². The maximum Gasteiger partial charge on any atom is 0.169 e. The molecule has 0 saturated carbocycles. The summed E-state index contributed by atoms with van der Waals surface area (Å²) in [4.78, 5) is 17.0. The van der Waals surface area contributed by atoms with E-state index in [2.05, 4.69) is 29.4 Å². The van der Waals surface area contributed by atoms with E-state index in [1.54, 1.807) is 0 Å². The van der Waals surface area contributed by atoms with Crippen molar-refractivity contribution in [1.82, 2.24) is 10.3 Å². The van der Waals surface area contributed by atoms with Crippen molar-refractivity contribution in [2.24, 2.45) is 0 Å². The fraction of sp³-hybridized carbons (Fsp3) is 0.333. The van der Waals surface area contributed by atoms with Crippen LogP contribution in [0, 0.1) is 0 Å². The first-order chi connectivity index (χ1) is 10.3. The van der Waals surface area contributed by atoms with Gasteiger partial charge >= 0.3 is 0 Å². The number of fused-ring (bicyclic) bond motifs is 1. The molecule has 21 heavy (non-hydrogen) atoms. The number of carbonyl (C=O) groups is 1. The van der Waals surface area contributed by atoms with Crippen LogP contribution in [0.5, 0.6) is 0 Å². The van der Waals surface area contributed by atoms with Gasteiger partial charge in [0.1, 0.15) is 0 Å². The highest BCUT2D eigenvalue weighted by atomic mass is 16.1. The van der Waals surface area contributed by atoms with E-state index < -0.39 is 0 Å². The number of hydrogen-bond donors (Lipinski definition) is 1. The molecule has 2 aromatic rings. The number of pyridine rings is 1. The van der Waals surface area contributed by atoms with Crippen molar-refractivity contribution in [3.63, 3.8) is 0 Å². The Morgan fingerprint density at radius 1 is 1.29 bits per heavy atom. The summed E-state index contributed by atoms with van der Waals surface area (Å²) in [5.41, 5.74) is 5.39. The SMILES string of the molecule is CCc1ccc(CC(=O)c2cccc3c2CCNC3)nc1. The maximum atomic E-state index is 12.6. The molecule has 2 heterocycles. The lowest BCUT2D eigenvalue weighted by molar-refractivity contribution is 0.0990. The second-order valence-electron chi connectivity index (χ2n) is 5.48. The molecule has 0 unspecified atom stereocenters. The van der Waals surface area contributed by atoms with Gasteiger partial charge in [-0.2, -0.15) is 0 Å². The van der Waals surface area contributed by atoms with Crippen molar-refractivity contribution in [2.75, 3.05) is 6.54 Å². The fourth-order valence-electron chi connectivity index (χ4n) is 2.82. The summed E-state index contributed by atoms with van der Waals surface area (Å²) in [5.74, 6) is 0.172. The molecule has 0 atom stereocenters. The topological polar surface area (TPSA) is 42.0 Å². The van der Waals surface area contributed by atoms with Crippen LogP contribution in [0.2, 0.25) is 0 Å². The van der Waals surface area contributed by atoms with Gasteiger partial charge in [0.25, 0.3) is 0 Å².